The average Bonchev–Trinajstić information content (AvgIpc) is 2.38. The maximum Gasteiger partial charge on any atom is 0.360 e. The number of hydrogen-bond donors (Lipinski definition) is 4. The van der Waals surface area contributed by atoms with Gasteiger partial charge in [0.2, 0.25) is 5.11 Å². The minimum atomic E-state index is -4.93. The van der Waals surface area contributed by atoms with Gasteiger partial charge >= 0.3 is 7.60 Å². The van der Waals surface area contributed by atoms with Crippen LogP contribution in [0.5, 0.6) is 0 Å². The highest BCUT2D eigenvalue weighted by Gasteiger charge is 2.40. The molecule has 0 bridgehead atoms. The molecule has 102 valence electrons. The first kappa shape index (κ1) is 15.1. The highest BCUT2D eigenvalue weighted by Crippen LogP contribution is 2.42. The van der Waals surface area contributed by atoms with E-state index >= 15 is 0 Å². The van der Waals surface area contributed by atoms with Gasteiger partial charge in [-0.2, -0.15) is 8.42 Å². The Morgan fingerprint density at radius 2 is 1.59 bits per heavy atom. The molecule has 1 fully saturated rings. The first-order chi connectivity index (χ1) is 7.71. The zero-order valence-corrected chi connectivity index (χ0v) is 11.0. The second kappa shape index (κ2) is 5.77. The SMILES string of the molecule is O=P(O)(O)C(NC1CCCCCC1)S(=O)(=O)O. The van der Waals surface area contributed by atoms with E-state index in [-0.39, 0.29) is 6.04 Å². The first-order valence-corrected chi connectivity index (χ1v) is 8.67. The Kier molecular flexibility index (Phi) is 5.12. The third-order valence-corrected chi connectivity index (χ3v) is 5.90. The van der Waals surface area contributed by atoms with E-state index < -0.39 is 22.8 Å². The molecule has 0 radical (unpaired) electrons. The van der Waals surface area contributed by atoms with Gasteiger partial charge in [0.25, 0.3) is 10.1 Å². The Balaban J connectivity index is 2.76. The van der Waals surface area contributed by atoms with E-state index in [1.165, 1.54) is 0 Å². The van der Waals surface area contributed by atoms with Crippen molar-refractivity contribution in [1.82, 2.24) is 5.32 Å². The van der Waals surface area contributed by atoms with E-state index in [4.69, 9.17) is 14.3 Å². The van der Waals surface area contributed by atoms with Crippen LogP contribution in [0.25, 0.3) is 0 Å². The lowest BCUT2D eigenvalue weighted by atomic mass is 10.1. The summed E-state index contributed by atoms with van der Waals surface area (Å²) >= 11 is 0. The standard InChI is InChI=1S/C8H18NO6PS/c10-16(11,12)8(17(13,14)15)9-7-5-3-1-2-4-6-7/h7-9H,1-6H2,(H2,10,11,12)(H,13,14,15). The van der Waals surface area contributed by atoms with Crippen LogP contribution in [-0.2, 0) is 14.7 Å². The van der Waals surface area contributed by atoms with Crippen LogP contribution in [0.15, 0.2) is 0 Å². The summed E-state index contributed by atoms with van der Waals surface area (Å²) in [7, 11) is -9.74. The monoisotopic (exact) mass is 287 g/mol. The maximum atomic E-state index is 11.0. The van der Waals surface area contributed by atoms with Crippen molar-refractivity contribution < 1.29 is 27.3 Å². The molecule has 0 aromatic heterocycles. The van der Waals surface area contributed by atoms with Crippen LogP contribution in [-0.4, -0.2) is 33.9 Å². The summed E-state index contributed by atoms with van der Waals surface area (Å²) in [6, 6.07) is -0.281. The number of rotatable bonds is 4. The van der Waals surface area contributed by atoms with Gasteiger partial charge in [0.1, 0.15) is 0 Å². The minimum Gasteiger partial charge on any atom is -0.323 e. The van der Waals surface area contributed by atoms with Crippen molar-refractivity contribution in [2.45, 2.75) is 49.7 Å². The van der Waals surface area contributed by atoms with E-state index in [1.54, 1.807) is 0 Å². The molecule has 0 spiro atoms. The smallest absolute Gasteiger partial charge is 0.323 e. The molecule has 0 amide bonds. The lowest BCUT2D eigenvalue weighted by molar-refractivity contribution is 0.342. The van der Waals surface area contributed by atoms with Gasteiger partial charge in [-0.05, 0) is 12.8 Å². The van der Waals surface area contributed by atoms with Crippen molar-refractivity contribution in [1.29, 1.82) is 0 Å². The van der Waals surface area contributed by atoms with Crippen molar-refractivity contribution in [2.24, 2.45) is 0 Å². The van der Waals surface area contributed by atoms with Gasteiger partial charge in [0, 0.05) is 6.04 Å². The van der Waals surface area contributed by atoms with Gasteiger partial charge in [-0.25, -0.2) is 0 Å². The van der Waals surface area contributed by atoms with Crippen molar-refractivity contribution in [2.75, 3.05) is 0 Å². The Morgan fingerprint density at radius 1 is 1.12 bits per heavy atom. The van der Waals surface area contributed by atoms with E-state index in [9.17, 15) is 13.0 Å². The topological polar surface area (TPSA) is 124 Å². The Bertz CT molecular complexity index is 383. The first-order valence-electron chi connectivity index (χ1n) is 5.49. The van der Waals surface area contributed by atoms with Crippen molar-refractivity contribution in [3.05, 3.63) is 0 Å². The molecule has 0 aromatic rings. The molecule has 1 aliphatic rings. The molecule has 1 saturated carbocycles. The molecule has 0 aliphatic heterocycles. The normalized spacial score (nSPS) is 22.1. The summed E-state index contributed by atoms with van der Waals surface area (Å²) in [6.45, 7) is 0. The summed E-state index contributed by atoms with van der Waals surface area (Å²) in [5.74, 6) is 0. The van der Waals surface area contributed by atoms with Crippen molar-refractivity contribution in [3.63, 3.8) is 0 Å². The molecule has 0 heterocycles. The second-order valence-electron chi connectivity index (χ2n) is 4.31. The zero-order valence-electron chi connectivity index (χ0n) is 9.32. The largest absolute Gasteiger partial charge is 0.360 e. The van der Waals surface area contributed by atoms with Gasteiger partial charge in [0.15, 0.2) is 0 Å². The summed E-state index contributed by atoms with van der Waals surface area (Å²) in [6.07, 6.45) is 5.15. The van der Waals surface area contributed by atoms with Gasteiger partial charge in [-0.15, -0.1) is 0 Å². The fraction of sp³-hybridized carbons (Fsp3) is 1.00. The predicted molar refractivity (Wildman–Crippen MR) is 62.0 cm³/mol. The fourth-order valence-corrected chi connectivity index (χ4v) is 4.16. The molecule has 4 N–H and O–H groups in total. The van der Waals surface area contributed by atoms with Crippen molar-refractivity contribution in [3.8, 4) is 0 Å². The van der Waals surface area contributed by atoms with Crippen LogP contribution in [0.1, 0.15) is 38.5 Å². The third kappa shape index (κ3) is 5.03. The van der Waals surface area contributed by atoms with E-state index in [0.717, 1.165) is 25.7 Å². The highest BCUT2D eigenvalue weighted by atomic mass is 32.2. The minimum absolute atomic E-state index is 0.281. The van der Waals surface area contributed by atoms with E-state index in [2.05, 4.69) is 5.32 Å². The molecule has 1 atom stereocenters. The third-order valence-electron chi connectivity index (χ3n) is 2.82. The van der Waals surface area contributed by atoms with Crippen LogP contribution in [0.2, 0.25) is 0 Å². The Hall–Kier alpha value is 0.0200. The number of hydrogen-bond acceptors (Lipinski definition) is 4. The van der Waals surface area contributed by atoms with Gasteiger partial charge in [0.05, 0.1) is 0 Å². The molecule has 0 saturated heterocycles. The predicted octanol–water partition coefficient (Wildman–Crippen LogP) is 0.648. The molecule has 7 nitrogen and oxygen atoms in total. The zero-order chi connectivity index (χ0) is 13.1. The molecular formula is C8H18NO6PS. The van der Waals surface area contributed by atoms with Crippen LogP contribution in [0, 0.1) is 0 Å². The van der Waals surface area contributed by atoms with E-state index in [1.807, 2.05) is 0 Å². The highest BCUT2D eigenvalue weighted by molar-refractivity contribution is 7.93. The van der Waals surface area contributed by atoms with Gasteiger partial charge in [-0.3, -0.25) is 14.4 Å². The molecule has 1 unspecified atom stereocenters. The fourth-order valence-electron chi connectivity index (χ4n) is 2.00. The molecule has 17 heavy (non-hydrogen) atoms. The second-order valence-corrected chi connectivity index (χ2v) is 7.86. The quantitative estimate of drug-likeness (QED) is 0.340. The van der Waals surface area contributed by atoms with Crippen LogP contribution in [0.4, 0.5) is 0 Å². The summed E-state index contributed by atoms with van der Waals surface area (Å²) in [5, 5.41) is 0.165. The van der Waals surface area contributed by atoms with E-state index in [0.29, 0.717) is 12.8 Å². The number of nitrogens with one attached hydrogen (secondary N) is 1. The summed E-state index contributed by atoms with van der Waals surface area (Å²) in [4.78, 5) is 17.8. The van der Waals surface area contributed by atoms with Gasteiger partial charge < -0.3 is 9.79 Å². The Morgan fingerprint density at radius 3 is 1.94 bits per heavy atom. The molecule has 1 rings (SSSR count). The average molecular weight is 287 g/mol. The lowest BCUT2D eigenvalue weighted by Crippen LogP contribution is -2.42. The summed E-state index contributed by atoms with van der Waals surface area (Å²) in [5.41, 5.74) is 0. The molecule has 1 aliphatic carbocycles. The van der Waals surface area contributed by atoms with Crippen molar-refractivity contribution >= 4 is 17.7 Å². The van der Waals surface area contributed by atoms with Crippen LogP contribution >= 0.6 is 7.60 Å². The van der Waals surface area contributed by atoms with Crippen LogP contribution in [0.3, 0.4) is 0 Å². The van der Waals surface area contributed by atoms with Gasteiger partial charge in [-0.1, -0.05) is 25.7 Å². The Labute approximate surface area is 101 Å². The molecule has 0 aromatic carbocycles. The van der Waals surface area contributed by atoms with Crippen LogP contribution < -0.4 is 5.32 Å². The lowest BCUT2D eigenvalue weighted by Gasteiger charge is -2.23. The molecule has 9 heteroatoms. The molecular weight excluding hydrogens is 269 g/mol. The maximum absolute atomic E-state index is 11.0. The summed E-state index contributed by atoms with van der Waals surface area (Å²) < 4.78 is 41.7.